The Kier molecular flexibility index (Phi) is 46.5. The third-order valence-electron chi connectivity index (χ3n) is 11.4. The van der Waals surface area contributed by atoms with E-state index in [4.69, 9.17) is 0 Å². The minimum Gasteiger partial charge on any atom is -0.103 e. The van der Waals surface area contributed by atoms with Gasteiger partial charge in [-0.2, -0.15) is 0 Å². The Hall–Kier alpha value is -0.780. The van der Waals surface area contributed by atoms with E-state index in [9.17, 15) is 0 Å². The summed E-state index contributed by atoms with van der Waals surface area (Å²) in [6.45, 7) is 8.38. The molecule has 0 bridgehead atoms. The Morgan fingerprint density at radius 3 is 0.941 bits per heavy atom. The predicted molar refractivity (Wildman–Crippen MR) is 237 cm³/mol. The van der Waals surface area contributed by atoms with Gasteiger partial charge in [-0.05, 0) is 70.6 Å². The summed E-state index contributed by atoms with van der Waals surface area (Å²) in [5, 5.41) is 0. The summed E-state index contributed by atoms with van der Waals surface area (Å²) in [6, 6.07) is 0. The van der Waals surface area contributed by atoms with Crippen molar-refractivity contribution in [1.29, 1.82) is 0 Å². The molecule has 0 aromatic carbocycles. The first kappa shape index (κ1) is 50.2. The predicted octanol–water partition coefficient (Wildman–Crippen LogP) is 19.5. The van der Waals surface area contributed by atoms with Gasteiger partial charge in [-0.1, -0.05) is 249 Å². The molecular formula is C51H98. The lowest BCUT2D eigenvalue weighted by Gasteiger charge is -2.09. The highest BCUT2D eigenvalue weighted by atomic mass is 14.1. The molecule has 0 atom stereocenters. The molecule has 0 aliphatic rings. The Bertz CT molecular complexity index is 682. The van der Waals surface area contributed by atoms with Crippen molar-refractivity contribution in [3.05, 3.63) is 36.5 Å². The molecular weight excluding hydrogens is 613 g/mol. The van der Waals surface area contributed by atoms with E-state index in [0.29, 0.717) is 0 Å². The van der Waals surface area contributed by atoms with E-state index in [-0.39, 0.29) is 0 Å². The molecule has 0 aromatic heterocycles. The Morgan fingerprint density at radius 1 is 0.314 bits per heavy atom. The number of unbranched alkanes of at least 4 members (excludes halogenated alkanes) is 37. The lowest BCUT2D eigenvalue weighted by atomic mass is 9.97. The monoisotopic (exact) mass is 711 g/mol. The van der Waals surface area contributed by atoms with Crippen molar-refractivity contribution in [2.45, 2.75) is 290 Å². The fourth-order valence-electron chi connectivity index (χ4n) is 7.87. The van der Waals surface area contributed by atoms with Crippen molar-refractivity contribution in [3.63, 3.8) is 0 Å². The van der Waals surface area contributed by atoms with Gasteiger partial charge in [0.15, 0.2) is 0 Å². The molecule has 0 radical (unpaired) electrons. The van der Waals surface area contributed by atoms with Crippen molar-refractivity contribution in [2.75, 3.05) is 0 Å². The summed E-state index contributed by atoms with van der Waals surface area (Å²) >= 11 is 0. The van der Waals surface area contributed by atoms with Crippen molar-refractivity contribution in [2.24, 2.45) is 0 Å². The molecule has 0 amide bonds. The number of allylic oxidation sites excluding steroid dienone is 5. The highest BCUT2D eigenvalue weighted by Crippen LogP contribution is 2.21. The molecule has 0 nitrogen and oxygen atoms in total. The van der Waals surface area contributed by atoms with Gasteiger partial charge < -0.3 is 0 Å². The third-order valence-corrected chi connectivity index (χ3v) is 11.4. The second-order valence-electron chi connectivity index (χ2n) is 16.6. The van der Waals surface area contributed by atoms with Gasteiger partial charge >= 0.3 is 0 Å². The van der Waals surface area contributed by atoms with Crippen LogP contribution in [-0.2, 0) is 0 Å². The molecule has 0 heteroatoms. The van der Waals surface area contributed by atoms with E-state index in [0.717, 1.165) is 0 Å². The molecule has 0 spiro atoms. The highest BCUT2D eigenvalue weighted by Gasteiger charge is 2.02. The molecule has 0 aliphatic carbocycles. The minimum atomic E-state index is 1.19. The van der Waals surface area contributed by atoms with Crippen molar-refractivity contribution >= 4 is 0 Å². The van der Waals surface area contributed by atoms with E-state index < -0.39 is 0 Å². The van der Waals surface area contributed by atoms with Crippen molar-refractivity contribution in [1.82, 2.24) is 0 Å². The first-order chi connectivity index (χ1) is 25.3. The second-order valence-corrected chi connectivity index (χ2v) is 16.6. The summed E-state index contributed by atoms with van der Waals surface area (Å²) in [7, 11) is 0. The Balaban J connectivity index is 4.00. The zero-order valence-corrected chi connectivity index (χ0v) is 35.9. The largest absolute Gasteiger partial charge is 0.103 e. The van der Waals surface area contributed by atoms with E-state index in [1.807, 2.05) is 5.57 Å². The molecule has 0 heterocycles. The van der Waals surface area contributed by atoms with Crippen LogP contribution in [0.3, 0.4) is 0 Å². The molecule has 302 valence electrons. The zero-order valence-electron chi connectivity index (χ0n) is 35.9. The second kappa shape index (κ2) is 47.2. The molecule has 0 saturated heterocycles. The van der Waals surface area contributed by atoms with Crippen LogP contribution in [0.1, 0.15) is 290 Å². The average Bonchev–Trinajstić information content (AvgIpc) is 3.14. The van der Waals surface area contributed by atoms with E-state index in [1.54, 1.807) is 0 Å². The SMILES string of the molecule is C=CCCCCCCCCCCCCCCCC=C(CCCCCCCCCCCCCC)CCCCCCCCCCCCCCC=CCC. The summed E-state index contributed by atoms with van der Waals surface area (Å²) in [4.78, 5) is 0. The maximum Gasteiger partial charge on any atom is -0.0320 e. The van der Waals surface area contributed by atoms with E-state index >= 15 is 0 Å². The van der Waals surface area contributed by atoms with Gasteiger partial charge in [0.1, 0.15) is 0 Å². The number of hydrogen-bond donors (Lipinski definition) is 0. The van der Waals surface area contributed by atoms with Gasteiger partial charge in [-0.15, -0.1) is 6.58 Å². The molecule has 0 rings (SSSR count). The van der Waals surface area contributed by atoms with E-state index in [2.05, 4.69) is 44.7 Å². The van der Waals surface area contributed by atoms with Gasteiger partial charge in [-0.3, -0.25) is 0 Å². The van der Waals surface area contributed by atoms with Crippen LogP contribution in [0.2, 0.25) is 0 Å². The fraction of sp³-hybridized carbons (Fsp3) is 0.882. The molecule has 0 N–H and O–H groups in total. The molecule has 0 aromatic rings. The summed E-state index contributed by atoms with van der Waals surface area (Å²) in [6.07, 6.45) is 71.0. The van der Waals surface area contributed by atoms with Gasteiger partial charge in [-0.25, -0.2) is 0 Å². The standard InChI is InChI=1S/C51H98/c1-4-7-10-13-16-19-22-25-27-29-31-34-37-40-43-46-49-51(48-45-42-39-36-33-24-21-18-15-12-9-6-3)50-47-44-41-38-35-32-30-28-26-23-20-17-14-11-8-5-2/h4,8,11,49H,1,5-7,9-10,12-48,50H2,2-3H3. The fourth-order valence-corrected chi connectivity index (χ4v) is 7.87. The van der Waals surface area contributed by atoms with Crippen LogP contribution in [0.4, 0.5) is 0 Å². The van der Waals surface area contributed by atoms with Crippen LogP contribution in [0.15, 0.2) is 36.5 Å². The molecule has 0 unspecified atom stereocenters. The lowest BCUT2D eigenvalue weighted by Crippen LogP contribution is -1.89. The molecule has 0 aliphatic heterocycles. The van der Waals surface area contributed by atoms with Crippen molar-refractivity contribution < 1.29 is 0 Å². The van der Waals surface area contributed by atoms with Crippen LogP contribution >= 0.6 is 0 Å². The number of rotatable bonds is 45. The van der Waals surface area contributed by atoms with Crippen molar-refractivity contribution in [3.8, 4) is 0 Å². The highest BCUT2D eigenvalue weighted by molar-refractivity contribution is 5.02. The summed E-state index contributed by atoms with van der Waals surface area (Å²) in [5.41, 5.74) is 1.82. The maximum absolute atomic E-state index is 3.83. The molecule has 51 heavy (non-hydrogen) atoms. The first-order valence-corrected chi connectivity index (χ1v) is 24.3. The quantitative estimate of drug-likeness (QED) is 0.0436. The lowest BCUT2D eigenvalue weighted by molar-refractivity contribution is 0.534. The Labute approximate surface area is 325 Å². The maximum atomic E-state index is 3.83. The van der Waals surface area contributed by atoms with Gasteiger partial charge in [0, 0.05) is 0 Å². The van der Waals surface area contributed by atoms with E-state index in [1.165, 1.54) is 276 Å². The van der Waals surface area contributed by atoms with Gasteiger partial charge in [0.2, 0.25) is 0 Å². The minimum absolute atomic E-state index is 1.19. The van der Waals surface area contributed by atoms with Crippen LogP contribution in [-0.4, -0.2) is 0 Å². The topological polar surface area (TPSA) is 0 Å². The van der Waals surface area contributed by atoms with Crippen LogP contribution in [0.25, 0.3) is 0 Å². The van der Waals surface area contributed by atoms with Crippen LogP contribution in [0, 0.1) is 0 Å². The number of hydrogen-bond acceptors (Lipinski definition) is 0. The molecule has 0 fully saturated rings. The zero-order chi connectivity index (χ0) is 36.8. The third kappa shape index (κ3) is 45.3. The normalized spacial score (nSPS) is 12.1. The Morgan fingerprint density at radius 2 is 0.608 bits per heavy atom. The van der Waals surface area contributed by atoms with Gasteiger partial charge in [0.05, 0.1) is 0 Å². The molecule has 0 saturated carbocycles. The van der Waals surface area contributed by atoms with Crippen LogP contribution < -0.4 is 0 Å². The smallest absolute Gasteiger partial charge is 0.0320 e. The first-order valence-electron chi connectivity index (χ1n) is 24.3. The summed E-state index contributed by atoms with van der Waals surface area (Å²) < 4.78 is 0. The summed E-state index contributed by atoms with van der Waals surface area (Å²) in [5.74, 6) is 0. The van der Waals surface area contributed by atoms with Crippen LogP contribution in [0.5, 0.6) is 0 Å². The average molecular weight is 711 g/mol. The van der Waals surface area contributed by atoms with Gasteiger partial charge in [0.25, 0.3) is 0 Å².